The van der Waals surface area contributed by atoms with E-state index in [9.17, 15) is 4.79 Å². The largest absolute Gasteiger partial charge is 0.478 e. The SMILES string of the molecule is CC1CN(c2nccc(C(=O)O)c2N)CCN1C. The molecule has 0 bridgehead atoms. The molecule has 2 heterocycles. The second-order valence-corrected chi connectivity index (χ2v) is 4.68. The Kier molecular flexibility index (Phi) is 3.38. The Morgan fingerprint density at radius 1 is 1.56 bits per heavy atom. The van der Waals surface area contributed by atoms with Gasteiger partial charge >= 0.3 is 5.97 Å². The number of nitrogen functional groups attached to an aromatic ring is 1. The van der Waals surface area contributed by atoms with Crippen molar-refractivity contribution in [3.63, 3.8) is 0 Å². The maximum atomic E-state index is 11.0. The monoisotopic (exact) mass is 250 g/mol. The van der Waals surface area contributed by atoms with Crippen molar-refractivity contribution in [2.75, 3.05) is 37.3 Å². The molecule has 0 saturated carbocycles. The second-order valence-electron chi connectivity index (χ2n) is 4.68. The van der Waals surface area contributed by atoms with E-state index in [0.29, 0.717) is 11.9 Å². The highest BCUT2D eigenvalue weighted by molar-refractivity contribution is 5.96. The number of nitrogens with zero attached hydrogens (tertiary/aromatic N) is 3. The molecule has 6 heteroatoms. The first-order valence-corrected chi connectivity index (χ1v) is 5.93. The zero-order valence-corrected chi connectivity index (χ0v) is 10.6. The van der Waals surface area contributed by atoms with Gasteiger partial charge in [-0.05, 0) is 20.0 Å². The van der Waals surface area contributed by atoms with Gasteiger partial charge < -0.3 is 20.6 Å². The summed E-state index contributed by atoms with van der Waals surface area (Å²) in [5.41, 5.74) is 6.27. The first-order valence-electron chi connectivity index (χ1n) is 5.93. The molecule has 0 amide bonds. The lowest BCUT2D eigenvalue weighted by atomic mass is 10.1. The predicted octanol–water partition coefficient (Wildman–Crippen LogP) is 0.502. The fraction of sp³-hybridized carbons (Fsp3) is 0.500. The van der Waals surface area contributed by atoms with E-state index in [-0.39, 0.29) is 11.3 Å². The first kappa shape index (κ1) is 12.6. The predicted molar refractivity (Wildman–Crippen MR) is 69.9 cm³/mol. The standard InChI is InChI=1S/C12H18N4O2/c1-8-7-16(6-5-15(8)2)11-10(13)9(12(17)18)3-4-14-11/h3-4,8H,5-7,13H2,1-2H3,(H,17,18). The molecule has 0 spiro atoms. The number of nitrogens with two attached hydrogens (primary N) is 1. The number of carboxylic acid groups (broad SMARTS) is 1. The van der Waals surface area contributed by atoms with E-state index < -0.39 is 5.97 Å². The summed E-state index contributed by atoms with van der Waals surface area (Å²) in [6.07, 6.45) is 1.50. The summed E-state index contributed by atoms with van der Waals surface area (Å²) in [7, 11) is 2.08. The van der Waals surface area contributed by atoms with Gasteiger partial charge in [0, 0.05) is 31.9 Å². The van der Waals surface area contributed by atoms with Crippen molar-refractivity contribution in [3.05, 3.63) is 17.8 Å². The van der Waals surface area contributed by atoms with Crippen molar-refractivity contribution >= 4 is 17.5 Å². The van der Waals surface area contributed by atoms with Crippen LogP contribution in [0.15, 0.2) is 12.3 Å². The van der Waals surface area contributed by atoms with E-state index in [1.54, 1.807) is 0 Å². The topological polar surface area (TPSA) is 82.7 Å². The maximum Gasteiger partial charge on any atom is 0.337 e. The molecule has 1 fully saturated rings. The van der Waals surface area contributed by atoms with Crippen LogP contribution in [0.5, 0.6) is 0 Å². The van der Waals surface area contributed by atoms with E-state index in [2.05, 4.69) is 23.9 Å². The number of carbonyl (C=O) groups is 1. The van der Waals surface area contributed by atoms with E-state index >= 15 is 0 Å². The number of aromatic carboxylic acids is 1. The molecule has 1 saturated heterocycles. The molecule has 1 unspecified atom stereocenters. The van der Waals surface area contributed by atoms with Gasteiger partial charge in [0.05, 0.1) is 11.3 Å². The zero-order chi connectivity index (χ0) is 13.3. The minimum atomic E-state index is -1.02. The normalized spacial score (nSPS) is 21.0. The van der Waals surface area contributed by atoms with Gasteiger partial charge in [-0.3, -0.25) is 0 Å². The van der Waals surface area contributed by atoms with Crippen LogP contribution in [0.4, 0.5) is 11.5 Å². The molecule has 1 aliphatic rings. The van der Waals surface area contributed by atoms with Gasteiger partial charge in [0.1, 0.15) is 0 Å². The number of anilines is 2. The number of likely N-dealkylation sites (N-methyl/N-ethyl adjacent to an activating group) is 1. The third-order valence-corrected chi connectivity index (χ3v) is 3.46. The first-order chi connectivity index (χ1) is 8.50. The number of piperazine rings is 1. The van der Waals surface area contributed by atoms with Crippen LogP contribution in [0.3, 0.4) is 0 Å². The Morgan fingerprint density at radius 3 is 2.89 bits per heavy atom. The highest BCUT2D eigenvalue weighted by Crippen LogP contribution is 2.25. The van der Waals surface area contributed by atoms with E-state index in [4.69, 9.17) is 10.8 Å². The minimum Gasteiger partial charge on any atom is -0.478 e. The number of hydrogen-bond donors (Lipinski definition) is 2. The van der Waals surface area contributed by atoms with Gasteiger partial charge in [-0.25, -0.2) is 9.78 Å². The lowest BCUT2D eigenvalue weighted by molar-refractivity contribution is 0.0698. The van der Waals surface area contributed by atoms with E-state index in [0.717, 1.165) is 19.6 Å². The van der Waals surface area contributed by atoms with Gasteiger partial charge in [0.25, 0.3) is 0 Å². The number of pyridine rings is 1. The smallest absolute Gasteiger partial charge is 0.337 e. The quantitative estimate of drug-likeness (QED) is 0.795. The molecule has 1 aliphatic heterocycles. The van der Waals surface area contributed by atoms with Crippen molar-refractivity contribution in [2.24, 2.45) is 0 Å². The van der Waals surface area contributed by atoms with Crippen LogP contribution in [0.25, 0.3) is 0 Å². The second kappa shape index (κ2) is 4.81. The number of aromatic nitrogens is 1. The molecule has 98 valence electrons. The van der Waals surface area contributed by atoms with Crippen molar-refractivity contribution in [1.29, 1.82) is 0 Å². The molecule has 0 radical (unpaired) electrons. The van der Waals surface area contributed by atoms with Crippen molar-refractivity contribution in [3.8, 4) is 0 Å². The van der Waals surface area contributed by atoms with Crippen LogP contribution in [0.1, 0.15) is 17.3 Å². The third-order valence-electron chi connectivity index (χ3n) is 3.46. The van der Waals surface area contributed by atoms with Gasteiger partial charge in [0.2, 0.25) is 0 Å². The van der Waals surface area contributed by atoms with Crippen molar-refractivity contribution < 1.29 is 9.90 Å². The van der Waals surface area contributed by atoms with Crippen LogP contribution < -0.4 is 10.6 Å². The Bertz CT molecular complexity index is 463. The van der Waals surface area contributed by atoms with Gasteiger partial charge in [-0.15, -0.1) is 0 Å². The molecule has 0 aliphatic carbocycles. The Labute approximate surface area is 106 Å². The molecular weight excluding hydrogens is 232 g/mol. The molecule has 3 N–H and O–H groups in total. The molecule has 18 heavy (non-hydrogen) atoms. The number of rotatable bonds is 2. The summed E-state index contributed by atoms with van der Waals surface area (Å²) in [5.74, 6) is -0.437. The summed E-state index contributed by atoms with van der Waals surface area (Å²) in [6.45, 7) is 4.65. The molecule has 0 aromatic carbocycles. The fourth-order valence-corrected chi connectivity index (χ4v) is 2.14. The summed E-state index contributed by atoms with van der Waals surface area (Å²) in [6, 6.07) is 1.83. The highest BCUT2D eigenvalue weighted by atomic mass is 16.4. The molecule has 6 nitrogen and oxygen atoms in total. The van der Waals surface area contributed by atoms with E-state index in [1.165, 1.54) is 12.3 Å². The lowest BCUT2D eigenvalue weighted by Gasteiger charge is -2.38. The average Bonchev–Trinajstić information content (AvgIpc) is 2.33. The Morgan fingerprint density at radius 2 is 2.28 bits per heavy atom. The molecule has 2 rings (SSSR count). The van der Waals surface area contributed by atoms with Crippen LogP contribution >= 0.6 is 0 Å². The molecule has 1 atom stereocenters. The Hall–Kier alpha value is -1.82. The highest BCUT2D eigenvalue weighted by Gasteiger charge is 2.24. The summed E-state index contributed by atoms with van der Waals surface area (Å²) < 4.78 is 0. The summed E-state index contributed by atoms with van der Waals surface area (Å²) in [5, 5.41) is 9.05. The van der Waals surface area contributed by atoms with Gasteiger partial charge in [-0.2, -0.15) is 0 Å². The van der Waals surface area contributed by atoms with Crippen LogP contribution in [-0.4, -0.2) is 53.7 Å². The summed E-state index contributed by atoms with van der Waals surface area (Å²) in [4.78, 5) is 19.6. The summed E-state index contributed by atoms with van der Waals surface area (Å²) >= 11 is 0. The Balaban J connectivity index is 2.29. The van der Waals surface area contributed by atoms with E-state index in [1.807, 2.05) is 4.90 Å². The maximum absolute atomic E-state index is 11.0. The van der Waals surface area contributed by atoms with Crippen LogP contribution in [-0.2, 0) is 0 Å². The minimum absolute atomic E-state index is 0.117. The van der Waals surface area contributed by atoms with Gasteiger partial charge in [0.15, 0.2) is 5.82 Å². The fourth-order valence-electron chi connectivity index (χ4n) is 2.14. The van der Waals surface area contributed by atoms with Crippen LogP contribution in [0.2, 0.25) is 0 Å². The number of carboxylic acids is 1. The zero-order valence-electron chi connectivity index (χ0n) is 10.6. The third kappa shape index (κ3) is 2.24. The lowest BCUT2D eigenvalue weighted by Crippen LogP contribution is -2.50. The molecule has 1 aromatic heterocycles. The van der Waals surface area contributed by atoms with Crippen LogP contribution in [0, 0.1) is 0 Å². The van der Waals surface area contributed by atoms with Crippen molar-refractivity contribution in [1.82, 2.24) is 9.88 Å². The molecular formula is C12H18N4O2. The average molecular weight is 250 g/mol. The number of hydrogen-bond acceptors (Lipinski definition) is 5. The van der Waals surface area contributed by atoms with Gasteiger partial charge in [-0.1, -0.05) is 0 Å². The molecule has 1 aromatic rings. The van der Waals surface area contributed by atoms with Crippen molar-refractivity contribution in [2.45, 2.75) is 13.0 Å².